The van der Waals surface area contributed by atoms with Crippen LogP contribution in [0.5, 0.6) is 0 Å². The Bertz CT molecular complexity index is 469. The highest BCUT2D eigenvalue weighted by Crippen LogP contribution is 2.19. The lowest BCUT2D eigenvalue weighted by molar-refractivity contribution is -0.129. The van der Waals surface area contributed by atoms with Crippen LogP contribution in [0.15, 0.2) is 24.3 Å². The minimum atomic E-state index is -0.792. The highest BCUT2D eigenvalue weighted by molar-refractivity contribution is 5.93. The van der Waals surface area contributed by atoms with Crippen molar-refractivity contribution in [1.29, 1.82) is 0 Å². The smallest absolute Gasteiger partial charge is 0.338 e. The third-order valence-electron chi connectivity index (χ3n) is 2.70. The van der Waals surface area contributed by atoms with Gasteiger partial charge in [0.1, 0.15) is 0 Å². The maximum atomic E-state index is 11.8. The third-order valence-corrected chi connectivity index (χ3v) is 2.70. The van der Waals surface area contributed by atoms with E-state index in [2.05, 4.69) is 5.32 Å². The second kappa shape index (κ2) is 5.08. The summed E-state index contributed by atoms with van der Waals surface area (Å²) in [5.74, 6) is -0.796. The molecule has 1 aromatic rings. The van der Waals surface area contributed by atoms with Crippen molar-refractivity contribution in [2.75, 3.05) is 5.73 Å². The number of ether oxygens (including phenoxy) is 1. The van der Waals surface area contributed by atoms with Gasteiger partial charge in [-0.1, -0.05) is 6.07 Å². The second-order valence-electron chi connectivity index (χ2n) is 4.46. The molecule has 1 fully saturated rings. The predicted molar refractivity (Wildman–Crippen MR) is 66.9 cm³/mol. The Balaban J connectivity index is 1.91. The van der Waals surface area contributed by atoms with Crippen LogP contribution in [0.2, 0.25) is 0 Å². The molecule has 0 bridgehead atoms. The number of carbonyl (C=O) groups is 2. The molecular weight excluding hydrogens is 232 g/mol. The van der Waals surface area contributed by atoms with E-state index in [1.807, 2.05) is 0 Å². The Labute approximate surface area is 105 Å². The molecule has 1 unspecified atom stereocenters. The molecule has 1 aliphatic carbocycles. The van der Waals surface area contributed by atoms with Gasteiger partial charge < -0.3 is 15.8 Å². The summed E-state index contributed by atoms with van der Waals surface area (Å²) in [5, 5.41) is 2.78. The molecular formula is C13H16N2O3. The van der Waals surface area contributed by atoms with Crippen molar-refractivity contribution < 1.29 is 14.3 Å². The van der Waals surface area contributed by atoms with Crippen LogP contribution >= 0.6 is 0 Å². The van der Waals surface area contributed by atoms with Gasteiger partial charge in [-0.15, -0.1) is 0 Å². The Morgan fingerprint density at radius 2 is 2.17 bits per heavy atom. The number of rotatable bonds is 4. The summed E-state index contributed by atoms with van der Waals surface area (Å²) in [7, 11) is 0. The minimum Gasteiger partial charge on any atom is -0.449 e. The standard InChI is InChI=1S/C13H16N2O3/c1-8(12(16)15-11-5-6-11)18-13(17)9-3-2-4-10(14)7-9/h2-4,7-8,11H,5-6,14H2,1H3,(H,15,16). The second-order valence-corrected chi connectivity index (χ2v) is 4.46. The first-order valence-electron chi connectivity index (χ1n) is 5.93. The number of nitrogens with two attached hydrogens (primary N) is 1. The summed E-state index contributed by atoms with van der Waals surface area (Å²) in [6.07, 6.45) is 1.21. The summed E-state index contributed by atoms with van der Waals surface area (Å²) >= 11 is 0. The molecule has 0 aromatic heterocycles. The predicted octanol–water partition coefficient (Wildman–Crippen LogP) is 1.09. The highest BCUT2D eigenvalue weighted by Gasteiger charge is 2.27. The number of benzene rings is 1. The van der Waals surface area contributed by atoms with Crippen molar-refractivity contribution in [2.45, 2.75) is 31.9 Å². The maximum Gasteiger partial charge on any atom is 0.338 e. The summed E-state index contributed by atoms with van der Waals surface area (Å²) in [6.45, 7) is 1.56. The molecule has 5 nitrogen and oxygen atoms in total. The summed E-state index contributed by atoms with van der Waals surface area (Å²) < 4.78 is 5.08. The van der Waals surface area contributed by atoms with Crippen molar-refractivity contribution in [3.8, 4) is 0 Å². The minimum absolute atomic E-state index is 0.255. The fraction of sp³-hybridized carbons (Fsp3) is 0.385. The van der Waals surface area contributed by atoms with Crippen LogP contribution in [-0.2, 0) is 9.53 Å². The zero-order valence-electron chi connectivity index (χ0n) is 10.2. The van der Waals surface area contributed by atoms with Crippen LogP contribution in [0.4, 0.5) is 5.69 Å². The molecule has 1 saturated carbocycles. The van der Waals surface area contributed by atoms with E-state index < -0.39 is 12.1 Å². The van der Waals surface area contributed by atoms with E-state index in [4.69, 9.17) is 10.5 Å². The Hall–Kier alpha value is -2.04. The van der Waals surface area contributed by atoms with Gasteiger partial charge in [-0.25, -0.2) is 4.79 Å². The number of amides is 1. The molecule has 0 saturated heterocycles. The Kier molecular flexibility index (Phi) is 3.50. The zero-order chi connectivity index (χ0) is 13.1. The number of carbonyl (C=O) groups excluding carboxylic acids is 2. The molecule has 0 aliphatic heterocycles. The summed E-state index contributed by atoms with van der Waals surface area (Å²) in [6, 6.07) is 6.73. The number of hydrogen-bond acceptors (Lipinski definition) is 4. The average molecular weight is 248 g/mol. The van der Waals surface area contributed by atoms with Crippen molar-refractivity contribution in [1.82, 2.24) is 5.32 Å². The number of anilines is 1. The first-order chi connectivity index (χ1) is 8.56. The van der Waals surface area contributed by atoms with Gasteiger partial charge in [0.15, 0.2) is 6.10 Å². The van der Waals surface area contributed by atoms with E-state index in [1.54, 1.807) is 25.1 Å². The monoisotopic (exact) mass is 248 g/mol. The lowest BCUT2D eigenvalue weighted by Gasteiger charge is -2.13. The van der Waals surface area contributed by atoms with Gasteiger partial charge in [-0.2, -0.15) is 0 Å². The van der Waals surface area contributed by atoms with E-state index in [0.717, 1.165) is 12.8 Å². The van der Waals surface area contributed by atoms with Gasteiger partial charge >= 0.3 is 5.97 Å². The molecule has 1 aromatic carbocycles. The first kappa shape index (κ1) is 12.4. The topological polar surface area (TPSA) is 81.4 Å². The maximum absolute atomic E-state index is 11.8. The average Bonchev–Trinajstić information content (AvgIpc) is 3.12. The molecule has 0 heterocycles. The van der Waals surface area contributed by atoms with E-state index in [-0.39, 0.29) is 11.9 Å². The number of nitrogens with one attached hydrogen (secondary N) is 1. The highest BCUT2D eigenvalue weighted by atomic mass is 16.5. The van der Waals surface area contributed by atoms with Crippen molar-refractivity contribution in [3.05, 3.63) is 29.8 Å². The van der Waals surface area contributed by atoms with Gasteiger partial charge in [-0.3, -0.25) is 4.79 Å². The van der Waals surface area contributed by atoms with E-state index in [9.17, 15) is 9.59 Å². The Morgan fingerprint density at radius 3 is 2.78 bits per heavy atom. The molecule has 0 spiro atoms. The molecule has 5 heteroatoms. The van der Waals surface area contributed by atoms with Gasteiger partial charge in [0, 0.05) is 11.7 Å². The molecule has 2 rings (SSSR count). The lowest BCUT2D eigenvalue weighted by atomic mass is 10.2. The molecule has 96 valence electrons. The largest absolute Gasteiger partial charge is 0.449 e. The normalized spacial score (nSPS) is 15.8. The van der Waals surface area contributed by atoms with Crippen LogP contribution < -0.4 is 11.1 Å². The van der Waals surface area contributed by atoms with Crippen LogP contribution in [0.25, 0.3) is 0 Å². The number of hydrogen-bond donors (Lipinski definition) is 2. The number of nitrogen functional groups attached to an aromatic ring is 1. The molecule has 0 radical (unpaired) electrons. The van der Waals surface area contributed by atoms with Crippen molar-refractivity contribution in [2.24, 2.45) is 0 Å². The van der Waals surface area contributed by atoms with Crippen molar-refractivity contribution in [3.63, 3.8) is 0 Å². The van der Waals surface area contributed by atoms with Gasteiger partial charge in [0.25, 0.3) is 5.91 Å². The van der Waals surface area contributed by atoms with Crippen LogP contribution in [-0.4, -0.2) is 24.0 Å². The van der Waals surface area contributed by atoms with Gasteiger partial charge in [0.2, 0.25) is 0 Å². The lowest BCUT2D eigenvalue weighted by Crippen LogP contribution is -2.37. The first-order valence-corrected chi connectivity index (χ1v) is 5.93. The van der Waals surface area contributed by atoms with Crippen molar-refractivity contribution >= 4 is 17.6 Å². The SMILES string of the molecule is CC(OC(=O)c1cccc(N)c1)C(=O)NC1CC1. The summed E-state index contributed by atoms with van der Waals surface area (Å²) in [4.78, 5) is 23.4. The molecule has 1 aliphatic rings. The van der Waals surface area contributed by atoms with Gasteiger partial charge in [-0.05, 0) is 38.0 Å². The third kappa shape index (κ3) is 3.23. The fourth-order valence-electron chi connectivity index (χ4n) is 1.49. The fourth-order valence-corrected chi connectivity index (χ4v) is 1.49. The number of esters is 1. The van der Waals surface area contributed by atoms with E-state index in [1.165, 1.54) is 6.07 Å². The van der Waals surface area contributed by atoms with E-state index >= 15 is 0 Å². The molecule has 18 heavy (non-hydrogen) atoms. The quantitative estimate of drug-likeness (QED) is 0.617. The zero-order valence-corrected chi connectivity index (χ0v) is 10.2. The van der Waals surface area contributed by atoms with Crippen LogP contribution in [0.3, 0.4) is 0 Å². The van der Waals surface area contributed by atoms with E-state index in [0.29, 0.717) is 11.3 Å². The van der Waals surface area contributed by atoms with Crippen LogP contribution in [0, 0.1) is 0 Å². The molecule has 1 amide bonds. The molecule has 3 N–H and O–H groups in total. The Morgan fingerprint density at radius 1 is 1.44 bits per heavy atom. The van der Waals surface area contributed by atoms with Gasteiger partial charge in [0.05, 0.1) is 5.56 Å². The van der Waals surface area contributed by atoms with Crippen LogP contribution in [0.1, 0.15) is 30.1 Å². The summed E-state index contributed by atoms with van der Waals surface area (Å²) in [5.41, 5.74) is 6.41. The molecule has 1 atom stereocenters.